The summed E-state index contributed by atoms with van der Waals surface area (Å²) >= 11 is 0. The second-order valence-electron chi connectivity index (χ2n) is 4.49. The maximum atomic E-state index is 3.74. The third kappa shape index (κ3) is 11.6. The molecule has 0 radical (unpaired) electrons. The Morgan fingerprint density at radius 3 is 2.47 bits per heavy atom. The van der Waals surface area contributed by atoms with Gasteiger partial charge < -0.3 is 5.32 Å². The second-order valence-corrected chi connectivity index (χ2v) is 4.49. The summed E-state index contributed by atoms with van der Waals surface area (Å²) < 4.78 is 0. The molecule has 0 bridgehead atoms. The zero-order valence-corrected chi connectivity index (χ0v) is 10.7. The number of unbranched alkanes of at least 4 members (excludes halogenated alkanes) is 5. The predicted molar refractivity (Wildman–Crippen MR) is 70.3 cm³/mol. The van der Waals surface area contributed by atoms with Crippen LogP contribution in [-0.4, -0.2) is 12.6 Å². The fourth-order valence-corrected chi connectivity index (χ4v) is 1.72. The predicted octanol–water partition coefficient (Wildman–Crippen LogP) is 4.29. The van der Waals surface area contributed by atoms with E-state index in [1.165, 1.54) is 51.5 Å². The van der Waals surface area contributed by atoms with E-state index in [9.17, 15) is 0 Å². The smallest absolute Gasteiger partial charge is 0.00416 e. The van der Waals surface area contributed by atoms with E-state index in [1.807, 2.05) is 6.08 Å². The highest BCUT2D eigenvalue weighted by atomic mass is 14.9. The molecule has 90 valence electrons. The van der Waals surface area contributed by atoms with Crippen LogP contribution in [0.1, 0.15) is 65.2 Å². The van der Waals surface area contributed by atoms with Crippen molar-refractivity contribution in [1.82, 2.24) is 5.32 Å². The maximum Gasteiger partial charge on any atom is 0.00416 e. The second kappa shape index (κ2) is 11.8. The Labute approximate surface area is 96.3 Å². The summed E-state index contributed by atoms with van der Waals surface area (Å²) in [6.45, 7) is 9.46. The van der Waals surface area contributed by atoms with E-state index in [1.54, 1.807) is 0 Å². The van der Waals surface area contributed by atoms with Crippen LogP contribution >= 0.6 is 0 Å². The van der Waals surface area contributed by atoms with Gasteiger partial charge in [0.2, 0.25) is 0 Å². The van der Waals surface area contributed by atoms with E-state index >= 15 is 0 Å². The monoisotopic (exact) mass is 211 g/mol. The fourth-order valence-electron chi connectivity index (χ4n) is 1.72. The van der Waals surface area contributed by atoms with E-state index in [0.717, 1.165) is 6.42 Å². The third-order valence-electron chi connectivity index (χ3n) is 2.83. The standard InChI is InChI=1S/C14H29N/c1-4-6-8-9-10-11-13-15-14(3)12-7-5-2/h5,14-15H,2,4,6-13H2,1,3H3. The van der Waals surface area contributed by atoms with Gasteiger partial charge in [-0.05, 0) is 32.7 Å². The van der Waals surface area contributed by atoms with Crippen molar-refractivity contribution in [1.29, 1.82) is 0 Å². The molecule has 0 amide bonds. The zero-order chi connectivity index (χ0) is 11.4. The molecule has 0 aromatic carbocycles. The van der Waals surface area contributed by atoms with Crippen LogP contribution in [0.15, 0.2) is 12.7 Å². The van der Waals surface area contributed by atoms with Gasteiger partial charge in [0.1, 0.15) is 0 Å². The van der Waals surface area contributed by atoms with Crippen molar-refractivity contribution in [3.63, 3.8) is 0 Å². The summed E-state index contributed by atoms with van der Waals surface area (Å²) in [7, 11) is 0. The topological polar surface area (TPSA) is 12.0 Å². The molecule has 0 saturated heterocycles. The van der Waals surface area contributed by atoms with Gasteiger partial charge in [-0.1, -0.05) is 45.1 Å². The lowest BCUT2D eigenvalue weighted by Crippen LogP contribution is -2.26. The molecular formula is C14H29N. The van der Waals surface area contributed by atoms with Crippen molar-refractivity contribution in [2.45, 2.75) is 71.3 Å². The van der Waals surface area contributed by atoms with Gasteiger partial charge in [-0.25, -0.2) is 0 Å². The molecule has 1 atom stereocenters. The van der Waals surface area contributed by atoms with Crippen molar-refractivity contribution in [2.75, 3.05) is 6.54 Å². The molecule has 0 aromatic heterocycles. The van der Waals surface area contributed by atoms with E-state index in [2.05, 4.69) is 25.7 Å². The molecular weight excluding hydrogens is 182 g/mol. The first-order valence-electron chi connectivity index (χ1n) is 6.65. The number of nitrogens with one attached hydrogen (secondary N) is 1. The lowest BCUT2D eigenvalue weighted by molar-refractivity contribution is 0.494. The Balaban J connectivity index is 3.05. The van der Waals surface area contributed by atoms with Gasteiger partial charge in [0, 0.05) is 6.04 Å². The Kier molecular flexibility index (Phi) is 11.5. The lowest BCUT2D eigenvalue weighted by Gasteiger charge is -2.12. The van der Waals surface area contributed by atoms with Crippen LogP contribution in [-0.2, 0) is 0 Å². The van der Waals surface area contributed by atoms with Crippen LogP contribution in [0.4, 0.5) is 0 Å². The van der Waals surface area contributed by atoms with Crippen LogP contribution in [0.25, 0.3) is 0 Å². The molecule has 1 nitrogen and oxygen atoms in total. The number of hydrogen-bond donors (Lipinski definition) is 1. The SMILES string of the molecule is C=CCCC(C)NCCCCCCCC. The average Bonchev–Trinajstić information content (AvgIpc) is 2.25. The van der Waals surface area contributed by atoms with Gasteiger partial charge in [0.05, 0.1) is 0 Å². The molecule has 1 unspecified atom stereocenters. The van der Waals surface area contributed by atoms with E-state index in [0.29, 0.717) is 6.04 Å². The average molecular weight is 211 g/mol. The van der Waals surface area contributed by atoms with Gasteiger partial charge in [0.25, 0.3) is 0 Å². The first-order valence-corrected chi connectivity index (χ1v) is 6.65. The largest absolute Gasteiger partial charge is 0.314 e. The van der Waals surface area contributed by atoms with Crippen LogP contribution in [0.5, 0.6) is 0 Å². The minimum atomic E-state index is 0.652. The quantitative estimate of drug-likeness (QED) is 0.397. The molecule has 0 fully saturated rings. The Hall–Kier alpha value is -0.300. The zero-order valence-electron chi connectivity index (χ0n) is 10.7. The summed E-state index contributed by atoms with van der Waals surface area (Å²) in [5, 5.41) is 3.56. The molecule has 1 N–H and O–H groups in total. The number of hydrogen-bond acceptors (Lipinski definition) is 1. The first-order chi connectivity index (χ1) is 7.31. The molecule has 0 aliphatic heterocycles. The van der Waals surface area contributed by atoms with Crippen molar-refractivity contribution in [3.05, 3.63) is 12.7 Å². The van der Waals surface area contributed by atoms with Gasteiger partial charge >= 0.3 is 0 Å². The van der Waals surface area contributed by atoms with Crippen LogP contribution in [0.3, 0.4) is 0 Å². The van der Waals surface area contributed by atoms with E-state index < -0.39 is 0 Å². The minimum absolute atomic E-state index is 0.652. The maximum absolute atomic E-state index is 3.74. The fraction of sp³-hybridized carbons (Fsp3) is 0.857. The van der Waals surface area contributed by atoms with Gasteiger partial charge in [-0.15, -0.1) is 6.58 Å². The van der Waals surface area contributed by atoms with Crippen LogP contribution in [0.2, 0.25) is 0 Å². The van der Waals surface area contributed by atoms with Crippen molar-refractivity contribution < 1.29 is 0 Å². The number of rotatable bonds is 11. The van der Waals surface area contributed by atoms with Gasteiger partial charge in [-0.3, -0.25) is 0 Å². The molecule has 0 spiro atoms. The summed E-state index contributed by atoms with van der Waals surface area (Å²) in [5.41, 5.74) is 0. The lowest BCUT2D eigenvalue weighted by atomic mass is 10.1. The molecule has 0 saturated carbocycles. The van der Waals surface area contributed by atoms with Gasteiger partial charge in [-0.2, -0.15) is 0 Å². The molecule has 0 aliphatic carbocycles. The highest BCUT2D eigenvalue weighted by molar-refractivity contribution is 4.70. The highest BCUT2D eigenvalue weighted by Gasteiger charge is 1.98. The molecule has 1 heteroatoms. The molecule has 0 aliphatic rings. The Morgan fingerprint density at radius 2 is 1.80 bits per heavy atom. The highest BCUT2D eigenvalue weighted by Crippen LogP contribution is 2.04. The van der Waals surface area contributed by atoms with E-state index in [4.69, 9.17) is 0 Å². The van der Waals surface area contributed by atoms with Gasteiger partial charge in [0.15, 0.2) is 0 Å². The van der Waals surface area contributed by atoms with Crippen molar-refractivity contribution in [2.24, 2.45) is 0 Å². The van der Waals surface area contributed by atoms with Crippen LogP contribution < -0.4 is 5.32 Å². The summed E-state index contributed by atoms with van der Waals surface area (Å²) in [6, 6.07) is 0.652. The summed E-state index contributed by atoms with van der Waals surface area (Å²) in [5.74, 6) is 0. The first kappa shape index (κ1) is 14.7. The van der Waals surface area contributed by atoms with Crippen molar-refractivity contribution in [3.8, 4) is 0 Å². The summed E-state index contributed by atoms with van der Waals surface area (Å²) in [4.78, 5) is 0. The normalized spacial score (nSPS) is 12.7. The Morgan fingerprint density at radius 1 is 1.13 bits per heavy atom. The molecule has 0 heterocycles. The third-order valence-corrected chi connectivity index (χ3v) is 2.83. The molecule has 15 heavy (non-hydrogen) atoms. The van der Waals surface area contributed by atoms with E-state index in [-0.39, 0.29) is 0 Å². The molecule has 0 aromatic rings. The number of allylic oxidation sites excluding steroid dienone is 1. The van der Waals surface area contributed by atoms with Crippen LogP contribution in [0, 0.1) is 0 Å². The summed E-state index contributed by atoms with van der Waals surface area (Å²) in [6.07, 6.45) is 12.7. The van der Waals surface area contributed by atoms with Crippen molar-refractivity contribution >= 4 is 0 Å². The molecule has 0 rings (SSSR count). The minimum Gasteiger partial charge on any atom is -0.314 e. The Bertz CT molecular complexity index is 131.